The summed E-state index contributed by atoms with van der Waals surface area (Å²) in [6.07, 6.45) is 7.81. The molecule has 98 valence electrons. The number of rotatable bonds is 5. The highest BCUT2D eigenvalue weighted by Gasteiger charge is 2.17. The number of carbonyl (C=O) groups is 1. The Labute approximate surface area is 104 Å². The Kier molecular flexibility index (Phi) is 6.05. The van der Waals surface area contributed by atoms with Gasteiger partial charge in [0.25, 0.3) is 0 Å². The zero-order valence-corrected chi connectivity index (χ0v) is 11.1. The highest BCUT2D eigenvalue weighted by molar-refractivity contribution is 5.74. The lowest BCUT2D eigenvalue weighted by Gasteiger charge is -2.26. The van der Waals surface area contributed by atoms with Gasteiger partial charge in [-0.15, -0.1) is 0 Å². The quantitative estimate of drug-likeness (QED) is 0.747. The van der Waals surface area contributed by atoms with Crippen molar-refractivity contribution in [3.63, 3.8) is 0 Å². The molecule has 2 unspecified atom stereocenters. The normalized spacial score (nSPS) is 21.0. The van der Waals surface area contributed by atoms with Crippen molar-refractivity contribution in [2.24, 2.45) is 5.92 Å². The van der Waals surface area contributed by atoms with E-state index in [0.29, 0.717) is 12.5 Å². The molecule has 4 heteroatoms. The maximum Gasteiger partial charge on any atom is 0.317 e. The first-order chi connectivity index (χ1) is 8.15. The van der Waals surface area contributed by atoms with Crippen molar-refractivity contribution in [3.05, 3.63) is 12.2 Å². The van der Waals surface area contributed by atoms with Crippen LogP contribution in [0.5, 0.6) is 0 Å². The Balaban J connectivity index is 2.25. The predicted molar refractivity (Wildman–Crippen MR) is 69.0 cm³/mol. The highest BCUT2D eigenvalue weighted by atomic mass is 16.5. The van der Waals surface area contributed by atoms with Crippen LogP contribution in [-0.4, -0.2) is 44.3 Å². The standard InChI is InChI=1S/C13H24N2O2/c1-11(10-17-3)15(2)13(16)14-9-12-7-5-4-6-8-12/h4-5,11-12H,6-10H2,1-3H3,(H,14,16). The lowest BCUT2D eigenvalue weighted by atomic mass is 9.94. The van der Waals surface area contributed by atoms with Crippen molar-refractivity contribution < 1.29 is 9.53 Å². The molecule has 1 N–H and O–H groups in total. The molecule has 0 radical (unpaired) electrons. The Morgan fingerprint density at radius 1 is 1.59 bits per heavy atom. The van der Waals surface area contributed by atoms with Crippen molar-refractivity contribution in [1.82, 2.24) is 10.2 Å². The van der Waals surface area contributed by atoms with E-state index < -0.39 is 0 Å². The second-order valence-corrected chi connectivity index (χ2v) is 4.75. The number of hydrogen-bond acceptors (Lipinski definition) is 2. The molecule has 0 fully saturated rings. The molecule has 0 aromatic heterocycles. The van der Waals surface area contributed by atoms with Gasteiger partial charge in [-0.2, -0.15) is 0 Å². The van der Waals surface area contributed by atoms with E-state index in [2.05, 4.69) is 17.5 Å². The molecule has 2 atom stereocenters. The molecule has 0 aromatic rings. The second kappa shape index (κ2) is 7.33. The molecule has 17 heavy (non-hydrogen) atoms. The first kappa shape index (κ1) is 14.0. The molecule has 1 rings (SSSR count). The van der Waals surface area contributed by atoms with Gasteiger partial charge in [-0.25, -0.2) is 4.79 Å². The summed E-state index contributed by atoms with van der Waals surface area (Å²) in [6, 6.07) is 0.0929. The van der Waals surface area contributed by atoms with E-state index in [4.69, 9.17) is 4.74 Å². The van der Waals surface area contributed by atoms with Crippen LogP contribution in [0.2, 0.25) is 0 Å². The lowest BCUT2D eigenvalue weighted by Crippen LogP contribution is -2.45. The van der Waals surface area contributed by atoms with Crippen LogP contribution in [-0.2, 0) is 4.74 Å². The molecule has 0 aliphatic heterocycles. The highest BCUT2D eigenvalue weighted by Crippen LogP contribution is 2.16. The molecule has 0 heterocycles. The van der Waals surface area contributed by atoms with E-state index in [0.717, 1.165) is 19.4 Å². The van der Waals surface area contributed by atoms with Crippen LogP contribution in [0.25, 0.3) is 0 Å². The summed E-state index contributed by atoms with van der Waals surface area (Å²) in [7, 11) is 3.45. The fourth-order valence-corrected chi connectivity index (χ4v) is 1.95. The summed E-state index contributed by atoms with van der Waals surface area (Å²) in [4.78, 5) is 13.5. The number of ether oxygens (including phenoxy) is 1. The van der Waals surface area contributed by atoms with E-state index in [-0.39, 0.29) is 12.1 Å². The molecule has 2 amide bonds. The summed E-state index contributed by atoms with van der Waals surface area (Å²) >= 11 is 0. The minimum absolute atomic E-state index is 0.0101. The van der Waals surface area contributed by atoms with Gasteiger partial charge in [0.1, 0.15) is 0 Å². The lowest BCUT2D eigenvalue weighted by molar-refractivity contribution is 0.123. The first-order valence-corrected chi connectivity index (χ1v) is 6.29. The Morgan fingerprint density at radius 2 is 2.35 bits per heavy atom. The Hall–Kier alpha value is -1.03. The number of carbonyl (C=O) groups excluding carboxylic acids is 1. The molecule has 1 aliphatic rings. The van der Waals surface area contributed by atoms with Crippen LogP contribution in [0.15, 0.2) is 12.2 Å². The van der Waals surface area contributed by atoms with Gasteiger partial charge in [0, 0.05) is 20.7 Å². The second-order valence-electron chi connectivity index (χ2n) is 4.75. The SMILES string of the molecule is COCC(C)N(C)C(=O)NCC1CC=CCC1. The zero-order chi connectivity index (χ0) is 12.7. The molecule has 0 bridgehead atoms. The van der Waals surface area contributed by atoms with Gasteiger partial charge in [-0.3, -0.25) is 0 Å². The first-order valence-electron chi connectivity index (χ1n) is 6.29. The molecule has 1 aliphatic carbocycles. The van der Waals surface area contributed by atoms with Crippen LogP contribution in [0.3, 0.4) is 0 Å². The number of allylic oxidation sites excluding steroid dienone is 2. The molecule has 0 spiro atoms. The van der Waals surface area contributed by atoms with E-state index in [1.165, 1.54) is 6.42 Å². The third-order valence-corrected chi connectivity index (χ3v) is 3.31. The van der Waals surface area contributed by atoms with Crippen LogP contribution < -0.4 is 5.32 Å². The molecular formula is C13H24N2O2. The number of methoxy groups -OCH3 is 1. The van der Waals surface area contributed by atoms with Gasteiger partial charge < -0.3 is 15.0 Å². The topological polar surface area (TPSA) is 41.6 Å². The summed E-state index contributed by atoms with van der Waals surface area (Å²) in [5.74, 6) is 0.593. The van der Waals surface area contributed by atoms with E-state index in [1.807, 2.05) is 6.92 Å². The van der Waals surface area contributed by atoms with Crippen LogP contribution in [0, 0.1) is 5.92 Å². The third kappa shape index (κ3) is 4.77. The van der Waals surface area contributed by atoms with Crippen molar-refractivity contribution >= 4 is 6.03 Å². The van der Waals surface area contributed by atoms with E-state index in [9.17, 15) is 4.79 Å². The Morgan fingerprint density at radius 3 is 2.94 bits per heavy atom. The number of urea groups is 1. The summed E-state index contributed by atoms with van der Waals surface area (Å²) in [5.41, 5.74) is 0. The fraction of sp³-hybridized carbons (Fsp3) is 0.769. The monoisotopic (exact) mass is 240 g/mol. The van der Waals surface area contributed by atoms with E-state index >= 15 is 0 Å². The van der Waals surface area contributed by atoms with Crippen molar-refractivity contribution in [2.75, 3.05) is 27.3 Å². The van der Waals surface area contributed by atoms with Crippen molar-refractivity contribution in [3.8, 4) is 0 Å². The van der Waals surface area contributed by atoms with Crippen molar-refractivity contribution in [1.29, 1.82) is 0 Å². The molecule has 0 saturated carbocycles. The summed E-state index contributed by atoms with van der Waals surface area (Å²) < 4.78 is 5.04. The molecular weight excluding hydrogens is 216 g/mol. The number of likely N-dealkylation sites (N-methyl/N-ethyl adjacent to an activating group) is 1. The maximum atomic E-state index is 11.8. The number of nitrogens with zero attached hydrogens (tertiary/aromatic N) is 1. The summed E-state index contributed by atoms with van der Waals surface area (Å²) in [5, 5.41) is 2.99. The average molecular weight is 240 g/mol. The minimum Gasteiger partial charge on any atom is -0.383 e. The van der Waals surface area contributed by atoms with Gasteiger partial charge in [-0.1, -0.05) is 12.2 Å². The van der Waals surface area contributed by atoms with Gasteiger partial charge in [0.15, 0.2) is 0 Å². The molecule has 0 aromatic carbocycles. The maximum absolute atomic E-state index is 11.8. The molecule has 0 saturated heterocycles. The van der Waals surface area contributed by atoms with Crippen molar-refractivity contribution in [2.45, 2.75) is 32.2 Å². The van der Waals surface area contributed by atoms with Gasteiger partial charge in [0.2, 0.25) is 0 Å². The van der Waals surface area contributed by atoms with Gasteiger partial charge in [0.05, 0.1) is 12.6 Å². The number of nitrogens with one attached hydrogen (secondary N) is 1. The minimum atomic E-state index is -0.0101. The van der Waals surface area contributed by atoms with Gasteiger partial charge in [-0.05, 0) is 32.1 Å². The van der Waals surface area contributed by atoms with Crippen LogP contribution in [0.1, 0.15) is 26.2 Å². The largest absolute Gasteiger partial charge is 0.383 e. The smallest absolute Gasteiger partial charge is 0.317 e. The number of amides is 2. The van der Waals surface area contributed by atoms with Crippen LogP contribution in [0.4, 0.5) is 4.79 Å². The Bertz CT molecular complexity index is 266. The fourth-order valence-electron chi connectivity index (χ4n) is 1.95. The van der Waals surface area contributed by atoms with Crippen LogP contribution >= 0.6 is 0 Å². The average Bonchev–Trinajstić information content (AvgIpc) is 2.36. The zero-order valence-electron chi connectivity index (χ0n) is 11.1. The predicted octanol–water partition coefficient (Wildman–Crippen LogP) is 2.02. The molecule has 4 nitrogen and oxygen atoms in total. The third-order valence-electron chi connectivity index (χ3n) is 3.31. The van der Waals surface area contributed by atoms with E-state index in [1.54, 1.807) is 19.1 Å². The summed E-state index contributed by atoms with van der Waals surface area (Å²) in [6.45, 7) is 3.32. The number of hydrogen-bond donors (Lipinski definition) is 1. The van der Waals surface area contributed by atoms with Gasteiger partial charge >= 0.3 is 6.03 Å².